The van der Waals surface area contributed by atoms with Gasteiger partial charge in [-0.25, -0.2) is 4.79 Å². The monoisotopic (exact) mass is 478 g/mol. The highest BCUT2D eigenvalue weighted by atomic mass is 79.9. The molecule has 4 rings (SSSR count). The summed E-state index contributed by atoms with van der Waals surface area (Å²) in [5.74, 6) is 0.224. The Bertz CT molecular complexity index is 868. The maximum Gasteiger partial charge on any atom is 0.410 e. The van der Waals surface area contributed by atoms with Gasteiger partial charge in [-0.2, -0.15) is 5.10 Å². The molecule has 1 aromatic carbocycles. The molecule has 1 saturated heterocycles. The largest absolute Gasteiger partial charge is 0.507 e. The van der Waals surface area contributed by atoms with E-state index in [1.54, 1.807) is 6.07 Å². The predicted molar refractivity (Wildman–Crippen MR) is 120 cm³/mol. The van der Waals surface area contributed by atoms with Crippen LogP contribution in [0.25, 0.3) is 10.9 Å². The van der Waals surface area contributed by atoms with Gasteiger partial charge >= 0.3 is 6.09 Å². The third kappa shape index (κ3) is 4.75. The molecule has 8 heteroatoms. The van der Waals surface area contributed by atoms with Gasteiger partial charge in [-0.05, 0) is 68.5 Å². The standard InChI is InChI=1S/C22H31BrN4O3/c1-22(2,3)30-21(29)26-10-8-25(9-11-26)16-4-6-17(7-5-16)27-14-15-12-18(23)20(28)13-19(15)24-27/h12-14,16-17,28H,4-11H2,1-3H3. The van der Waals surface area contributed by atoms with Gasteiger partial charge in [0.25, 0.3) is 0 Å². The van der Waals surface area contributed by atoms with Crippen molar-refractivity contribution >= 4 is 32.9 Å². The number of amides is 1. The number of aromatic hydroxyl groups is 1. The summed E-state index contributed by atoms with van der Waals surface area (Å²) in [5.41, 5.74) is 0.384. The van der Waals surface area contributed by atoms with Gasteiger partial charge in [0, 0.05) is 49.9 Å². The minimum atomic E-state index is -0.446. The van der Waals surface area contributed by atoms with Gasteiger partial charge in [-0.1, -0.05) is 0 Å². The molecule has 164 valence electrons. The van der Waals surface area contributed by atoms with E-state index >= 15 is 0 Å². The number of ether oxygens (including phenoxy) is 1. The molecule has 30 heavy (non-hydrogen) atoms. The molecule has 0 radical (unpaired) electrons. The second-order valence-corrected chi connectivity index (χ2v) is 10.3. The van der Waals surface area contributed by atoms with E-state index in [2.05, 4.69) is 31.7 Å². The number of aromatic nitrogens is 2. The molecule has 1 aliphatic carbocycles. The van der Waals surface area contributed by atoms with Crippen LogP contribution in [-0.4, -0.2) is 68.6 Å². The van der Waals surface area contributed by atoms with Gasteiger partial charge in [0.2, 0.25) is 0 Å². The molecule has 2 fully saturated rings. The first kappa shape index (κ1) is 21.4. The lowest BCUT2D eigenvalue weighted by Gasteiger charge is -2.42. The van der Waals surface area contributed by atoms with Crippen LogP contribution in [0.4, 0.5) is 4.79 Å². The summed E-state index contributed by atoms with van der Waals surface area (Å²) in [5, 5.41) is 15.6. The third-order valence-electron chi connectivity index (χ3n) is 6.11. The first-order valence-electron chi connectivity index (χ1n) is 10.8. The van der Waals surface area contributed by atoms with Crippen LogP contribution < -0.4 is 0 Å². The molecular weight excluding hydrogens is 448 g/mol. The molecule has 0 unspecified atom stereocenters. The second kappa shape index (κ2) is 8.38. The zero-order chi connectivity index (χ0) is 21.5. The van der Waals surface area contributed by atoms with E-state index in [1.165, 1.54) is 0 Å². The first-order chi connectivity index (χ1) is 14.2. The Kier molecular flexibility index (Phi) is 5.99. The minimum Gasteiger partial charge on any atom is -0.507 e. The molecule has 2 aliphatic rings. The van der Waals surface area contributed by atoms with Gasteiger partial charge in [-0.15, -0.1) is 0 Å². The zero-order valence-corrected chi connectivity index (χ0v) is 19.6. The SMILES string of the molecule is CC(C)(C)OC(=O)N1CCN(C2CCC(n3cc4cc(Br)c(O)cc4n3)CC2)CC1. The van der Waals surface area contributed by atoms with E-state index < -0.39 is 5.60 Å². The molecular formula is C22H31BrN4O3. The number of halogens is 1. The van der Waals surface area contributed by atoms with Crippen molar-refractivity contribution in [2.24, 2.45) is 0 Å². The lowest BCUT2D eigenvalue weighted by Crippen LogP contribution is -2.53. The van der Waals surface area contributed by atoms with Crippen molar-refractivity contribution in [2.75, 3.05) is 26.2 Å². The molecule has 7 nitrogen and oxygen atoms in total. The van der Waals surface area contributed by atoms with Crippen molar-refractivity contribution < 1.29 is 14.6 Å². The molecule has 1 N–H and O–H groups in total. The molecule has 1 aliphatic heterocycles. The van der Waals surface area contributed by atoms with Crippen LogP contribution in [-0.2, 0) is 4.74 Å². The fourth-order valence-corrected chi connectivity index (χ4v) is 4.88. The van der Waals surface area contributed by atoms with Crippen LogP contribution >= 0.6 is 15.9 Å². The lowest BCUT2D eigenvalue weighted by molar-refractivity contribution is 0.00722. The number of phenolic OH excluding ortho intramolecular Hbond substituents is 1. The van der Waals surface area contributed by atoms with Crippen LogP contribution in [0.5, 0.6) is 5.75 Å². The van der Waals surface area contributed by atoms with Crippen LogP contribution in [0.3, 0.4) is 0 Å². The molecule has 2 heterocycles. The fourth-order valence-electron chi connectivity index (χ4n) is 4.52. The smallest absolute Gasteiger partial charge is 0.410 e. The van der Waals surface area contributed by atoms with E-state index in [0.717, 1.165) is 62.8 Å². The molecule has 1 amide bonds. The van der Waals surface area contributed by atoms with Crippen molar-refractivity contribution in [1.29, 1.82) is 0 Å². The lowest BCUT2D eigenvalue weighted by atomic mass is 9.90. The number of carbonyl (C=O) groups excluding carboxylic acids is 1. The van der Waals surface area contributed by atoms with E-state index in [0.29, 0.717) is 16.6 Å². The Morgan fingerprint density at radius 2 is 1.73 bits per heavy atom. The number of fused-ring (bicyclic) bond motifs is 1. The Morgan fingerprint density at radius 1 is 1.10 bits per heavy atom. The highest BCUT2D eigenvalue weighted by molar-refractivity contribution is 9.10. The van der Waals surface area contributed by atoms with Crippen molar-refractivity contribution in [1.82, 2.24) is 19.6 Å². The number of nitrogens with zero attached hydrogens (tertiary/aromatic N) is 4. The molecule has 1 aromatic heterocycles. The van der Waals surface area contributed by atoms with E-state index in [4.69, 9.17) is 9.84 Å². The van der Waals surface area contributed by atoms with Gasteiger partial charge in [0.15, 0.2) is 0 Å². The predicted octanol–water partition coefficient (Wildman–Crippen LogP) is 4.54. The Morgan fingerprint density at radius 3 is 2.37 bits per heavy atom. The summed E-state index contributed by atoms with van der Waals surface area (Å²) >= 11 is 3.38. The van der Waals surface area contributed by atoms with Gasteiger partial charge in [0.1, 0.15) is 11.4 Å². The summed E-state index contributed by atoms with van der Waals surface area (Å²) in [6, 6.07) is 4.61. The Balaban J connectivity index is 1.30. The van der Waals surface area contributed by atoms with Gasteiger partial charge in [-0.3, -0.25) is 9.58 Å². The van der Waals surface area contributed by atoms with Gasteiger partial charge in [0.05, 0.1) is 16.0 Å². The summed E-state index contributed by atoms with van der Waals surface area (Å²) in [6.45, 7) is 9.01. The number of rotatable bonds is 2. The summed E-state index contributed by atoms with van der Waals surface area (Å²) < 4.78 is 8.28. The highest BCUT2D eigenvalue weighted by Gasteiger charge is 2.31. The van der Waals surface area contributed by atoms with Gasteiger partial charge < -0.3 is 14.7 Å². The summed E-state index contributed by atoms with van der Waals surface area (Å²) in [4.78, 5) is 16.6. The molecule has 0 bridgehead atoms. The van der Waals surface area contributed by atoms with E-state index in [1.807, 2.05) is 31.7 Å². The minimum absolute atomic E-state index is 0.200. The van der Waals surface area contributed by atoms with E-state index in [-0.39, 0.29) is 11.8 Å². The maximum atomic E-state index is 12.3. The molecule has 1 saturated carbocycles. The number of carbonyl (C=O) groups is 1. The second-order valence-electron chi connectivity index (χ2n) is 9.44. The van der Waals surface area contributed by atoms with Crippen molar-refractivity contribution in [3.63, 3.8) is 0 Å². The molecule has 0 atom stereocenters. The van der Waals surface area contributed by atoms with Crippen molar-refractivity contribution in [2.45, 2.75) is 64.1 Å². The number of piperazine rings is 1. The number of benzene rings is 1. The average Bonchev–Trinajstić information content (AvgIpc) is 3.10. The topological polar surface area (TPSA) is 70.8 Å². The van der Waals surface area contributed by atoms with Crippen molar-refractivity contribution in [3.8, 4) is 5.75 Å². The summed E-state index contributed by atoms with van der Waals surface area (Å²) in [7, 11) is 0. The Labute approximate surface area is 186 Å². The first-order valence-corrected chi connectivity index (χ1v) is 11.6. The van der Waals surface area contributed by atoms with Crippen LogP contribution in [0.1, 0.15) is 52.5 Å². The van der Waals surface area contributed by atoms with Crippen LogP contribution in [0.2, 0.25) is 0 Å². The number of hydrogen-bond acceptors (Lipinski definition) is 5. The third-order valence-corrected chi connectivity index (χ3v) is 6.75. The van der Waals surface area contributed by atoms with Crippen LogP contribution in [0, 0.1) is 0 Å². The van der Waals surface area contributed by atoms with Crippen LogP contribution in [0.15, 0.2) is 22.8 Å². The quantitative estimate of drug-likeness (QED) is 0.685. The number of hydrogen-bond donors (Lipinski definition) is 1. The number of phenols is 1. The highest BCUT2D eigenvalue weighted by Crippen LogP contribution is 2.34. The zero-order valence-electron chi connectivity index (χ0n) is 18.0. The molecule has 0 spiro atoms. The Hall–Kier alpha value is -1.80. The average molecular weight is 479 g/mol. The van der Waals surface area contributed by atoms with Crippen molar-refractivity contribution in [3.05, 3.63) is 22.8 Å². The van der Waals surface area contributed by atoms with E-state index in [9.17, 15) is 9.90 Å². The molecule has 2 aromatic rings. The fraction of sp³-hybridized carbons (Fsp3) is 0.636. The summed E-state index contributed by atoms with van der Waals surface area (Å²) in [6.07, 6.45) is 6.36. The normalized spacial score (nSPS) is 23.7. The maximum absolute atomic E-state index is 12.3.